The third-order valence-electron chi connectivity index (χ3n) is 2.87. The highest BCUT2D eigenvalue weighted by molar-refractivity contribution is 6.32. The lowest BCUT2D eigenvalue weighted by Crippen LogP contribution is -2.00. The Balaban J connectivity index is 1.82. The third kappa shape index (κ3) is 4.31. The molecule has 0 bridgehead atoms. The van der Waals surface area contributed by atoms with E-state index in [1.54, 1.807) is 6.07 Å². The van der Waals surface area contributed by atoms with Crippen LogP contribution in [0.1, 0.15) is 24.8 Å². The van der Waals surface area contributed by atoms with Crippen molar-refractivity contribution in [1.82, 2.24) is 0 Å². The molecule has 0 radical (unpaired) electrons. The molecule has 0 spiro atoms. The molecule has 1 aliphatic heterocycles. The van der Waals surface area contributed by atoms with E-state index in [0.717, 1.165) is 37.0 Å². The maximum atomic E-state index is 12.0. The lowest BCUT2D eigenvalue weighted by molar-refractivity contribution is 0.273. The van der Waals surface area contributed by atoms with E-state index >= 15 is 0 Å². The van der Waals surface area contributed by atoms with Crippen LogP contribution in [0.5, 0.6) is 5.75 Å². The summed E-state index contributed by atoms with van der Waals surface area (Å²) in [5, 5.41) is 8.41. The van der Waals surface area contributed by atoms with Gasteiger partial charge in [0.2, 0.25) is 0 Å². The molecule has 2 rings (SSSR count). The molecule has 0 atom stereocenters. The van der Waals surface area contributed by atoms with Crippen LogP contribution in [0.2, 0.25) is 5.02 Å². The molecule has 0 fully saturated rings. The van der Waals surface area contributed by atoms with Crippen LogP contribution in [0.25, 0.3) is 0 Å². The van der Waals surface area contributed by atoms with E-state index in [1.807, 2.05) is 18.3 Å². The number of nitrogens with zero attached hydrogens (tertiary/aromatic N) is 2. The van der Waals surface area contributed by atoms with Crippen LogP contribution in [0.15, 0.2) is 28.4 Å². The summed E-state index contributed by atoms with van der Waals surface area (Å²) in [6.07, 6.45) is 5.60. The second kappa shape index (κ2) is 7.24. The van der Waals surface area contributed by atoms with E-state index in [9.17, 15) is 4.39 Å². The summed E-state index contributed by atoms with van der Waals surface area (Å²) in [5.41, 5.74) is 2.28. The summed E-state index contributed by atoms with van der Waals surface area (Å²) in [5.74, 6) is 0.539. The van der Waals surface area contributed by atoms with Crippen molar-refractivity contribution in [3.8, 4) is 5.75 Å². The van der Waals surface area contributed by atoms with Crippen LogP contribution < -0.4 is 4.74 Å². The molecule has 19 heavy (non-hydrogen) atoms. The van der Waals surface area contributed by atoms with Gasteiger partial charge in [-0.25, -0.2) is 4.39 Å². The fourth-order valence-electron chi connectivity index (χ4n) is 1.92. The summed E-state index contributed by atoms with van der Waals surface area (Å²) >= 11 is 6.08. The van der Waals surface area contributed by atoms with Gasteiger partial charge in [-0.3, -0.25) is 0 Å². The van der Waals surface area contributed by atoms with Gasteiger partial charge in [-0.1, -0.05) is 17.7 Å². The monoisotopic (exact) mass is 282 g/mol. The van der Waals surface area contributed by atoms with Gasteiger partial charge in [0, 0.05) is 18.3 Å². The number of alkyl halides is 1. The molecule has 1 aromatic rings. The first-order chi connectivity index (χ1) is 9.29. The van der Waals surface area contributed by atoms with Crippen molar-refractivity contribution in [3.63, 3.8) is 0 Å². The lowest BCUT2D eigenvalue weighted by Gasteiger charge is -2.08. The van der Waals surface area contributed by atoms with Gasteiger partial charge in [0.25, 0.3) is 0 Å². The molecular weight excluding hydrogens is 267 g/mol. The number of ether oxygens (including phenoxy) is 1. The topological polar surface area (TPSA) is 34.0 Å². The summed E-state index contributed by atoms with van der Waals surface area (Å²) in [4.78, 5) is 0. The van der Waals surface area contributed by atoms with Gasteiger partial charge >= 0.3 is 0 Å². The van der Waals surface area contributed by atoms with Crippen LogP contribution in [-0.2, 0) is 6.42 Å². The van der Waals surface area contributed by atoms with Crippen LogP contribution in [-0.4, -0.2) is 25.2 Å². The van der Waals surface area contributed by atoms with E-state index in [4.69, 9.17) is 16.3 Å². The molecule has 1 heterocycles. The molecule has 0 amide bonds. The highest BCUT2D eigenvalue weighted by Gasteiger charge is 2.05. The molecule has 5 heteroatoms. The molecular formula is C14H16ClFN2O. The lowest BCUT2D eigenvalue weighted by atomic mass is 10.1. The quantitative estimate of drug-likeness (QED) is 0.748. The zero-order valence-corrected chi connectivity index (χ0v) is 11.4. The molecule has 0 N–H and O–H groups in total. The molecule has 0 saturated carbocycles. The van der Waals surface area contributed by atoms with Crippen LogP contribution in [0.3, 0.4) is 0 Å². The first-order valence-corrected chi connectivity index (χ1v) is 6.72. The average molecular weight is 283 g/mol. The van der Waals surface area contributed by atoms with E-state index in [0.29, 0.717) is 10.8 Å². The minimum atomic E-state index is -0.512. The standard InChI is InChI=1S/C14H16ClFN2O/c15-13-10-11(4-5-14(13)19-9-7-16)2-1-3-12-6-8-17-18-12/h4-5,8,10H,1-3,6-7,9H2. The SMILES string of the molecule is FCCOc1ccc(CCCC2=NN=CC2)cc1Cl. The predicted molar refractivity (Wildman–Crippen MR) is 76.4 cm³/mol. The van der Waals surface area contributed by atoms with Gasteiger partial charge in [0.15, 0.2) is 0 Å². The molecule has 1 aromatic carbocycles. The normalized spacial score (nSPS) is 13.7. The predicted octanol–water partition coefficient (Wildman–Crippen LogP) is 3.84. The van der Waals surface area contributed by atoms with Crippen molar-refractivity contribution in [1.29, 1.82) is 0 Å². The highest BCUT2D eigenvalue weighted by Crippen LogP contribution is 2.26. The van der Waals surface area contributed by atoms with Crippen molar-refractivity contribution in [3.05, 3.63) is 28.8 Å². The van der Waals surface area contributed by atoms with Crippen LogP contribution in [0.4, 0.5) is 4.39 Å². The molecule has 1 aliphatic rings. The Kier molecular flexibility index (Phi) is 5.33. The molecule has 3 nitrogen and oxygen atoms in total. The first kappa shape index (κ1) is 14.0. The van der Waals surface area contributed by atoms with Gasteiger partial charge in [-0.15, -0.1) is 0 Å². The van der Waals surface area contributed by atoms with Crippen molar-refractivity contribution in [2.45, 2.75) is 25.7 Å². The second-order valence-corrected chi connectivity index (χ2v) is 4.73. The largest absolute Gasteiger partial charge is 0.489 e. The van der Waals surface area contributed by atoms with Gasteiger partial charge in [0.1, 0.15) is 19.0 Å². The molecule has 0 saturated heterocycles. The van der Waals surface area contributed by atoms with E-state index in [2.05, 4.69) is 10.2 Å². The summed E-state index contributed by atoms with van der Waals surface area (Å²) < 4.78 is 17.2. The minimum Gasteiger partial charge on any atom is -0.489 e. The Morgan fingerprint density at radius 3 is 2.89 bits per heavy atom. The van der Waals surface area contributed by atoms with Crippen molar-refractivity contribution < 1.29 is 9.13 Å². The van der Waals surface area contributed by atoms with Gasteiger partial charge in [0.05, 0.1) is 5.02 Å². The summed E-state index contributed by atoms with van der Waals surface area (Å²) in [7, 11) is 0. The fourth-order valence-corrected chi connectivity index (χ4v) is 2.18. The first-order valence-electron chi connectivity index (χ1n) is 6.34. The number of benzene rings is 1. The van der Waals surface area contributed by atoms with Crippen LogP contribution in [0, 0.1) is 0 Å². The van der Waals surface area contributed by atoms with Crippen LogP contribution >= 0.6 is 11.6 Å². The molecule has 0 unspecified atom stereocenters. The number of hydrogen-bond donors (Lipinski definition) is 0. The highest BCUT2D eigenvalue weighted by atomic mass is 35.5. The zero-order valence-electron chi connectivity index (χ0n) is 10.6. The number of aryl methyl sites for hydroxylation is 1. The van der Waals surface area contributed by atoms with E-state index in [1.165, 1.54) is 0 Å². The number of hydrogen-bond acceptors (Lipinski definition) is 3. The Hall–Kier alpha value is -1.42. The van der Waals surface area contributed by atoms with Crippen molar-refractivity contribution in [2.75, 3.05) is 13.3 Å². The Bertz CT molecular complexity index is 488. The maximum Gasteiger partial charge on any atom is 0.138 e. The van der Waals surface area contributed by atoms with Crippen molar-refractivity contribution >= 4 is 23.5 Å². The molecule has 102 valence electrons. The minimum absolute atomic E-state index is 0.0406. The van der Waals surface area contributed by atoms with Gasteiger partial charge in [-0.2, -0.15) is 10.2 Å². The van der Waals surface area contributed by atoms with Gasteiger partial charge in [-0.05, 0) is 37.0 Å². The van der Waals surface area contributed by atoms with E-state index < -0.39 is 6.67 Å². The summed E-state index contributed by atoms with van der Waals surface area (Å²) in [6, 6.07) is 5.64. The van der Waals surface area contributed by atoms with Crippen molar-refractivity contribution in [2.24, 2.45) is 10.2 Å². The third-order valence-corrected chi connectivity index (χ3v) is 3.16. The summed E-state index contributed by atoms with van der Waals surface area (Å²) in [6.45, 7) is -0.471. The Morgan fingerprint density at radius 2 is 2.21 bits per heavy atom. The zero-order chi connectivity index (χ0) is 13.5. The molecule has 0 aromatic heterocycles. The second-order valence-electron chi connectivity index (χ2n) is 4.32. The fraction of sp³-hybridized carbons (Fsp3) is 0.429. The maximum absolute atomic E-state index is 12.0. The molecule has 0 aliphatic carbocycles. The Morgan fingerprint density at radius 1 is 1.32 bits per heavy atom. The Labute approximate surface area is 117 Å². The smallest absolute Gasteiger partial charge is 0.138 e. The number of rotatable bonds is 7. The average Bonchev–Trinajstić information content (AvgIpc) is 2.91. The van der Waals surface area contributed by atoms with Gasteiger partial charge < -0.3 is 4.74 Å². The van der Waals surface area contributed by atoms with E-state index in [-0.39, 0.29) is 6.61 Å². The number of halogens is 2.